The highest BCUT2D eigenvalue weighted by molar-refractivity contribution is 9.10. The zero-order chi connectivity index (χ0) is 16.5. The lowest BCUT2D eigenvalue weighted by Gasteiger charge is -2.24. The number of aryl methyl sites for hydroxylation is 2. The number of aromatic amines is 1. The Morgan fingerprint density at radius 3 is 2.41 bits per heavy atom. The topological polar surface area (TPSA) is 95.1 Å². The summed E-state index contributed by atoms with van der Waals surface area (Å²) >= 11 is 3.32. The summed E-state index contributed by atoms with van der Waals surface area (Å²) in [5, 5.41) is 17.0. The van der Waals surface area contributed by atoms with Gasteiger partial charge in [0.05, 0.1) is 11.4 Å². The molecule has 0 aliphatic rings. The zero-order valence-corrected chi connectivity index (χ0v) is 14.9. The Morgan fingerprint density at radius 2 is 1.91 bits per heavy atom. The van der Waals surface area contributed by atoms with Crippen molar-refractivity contribution in [2.24, 2.45) is 0 Å². The minimum atomic E-state index is -3.74. The minimum absolute atomic E-state index is 0.124. The number of nitrogens with one attached hydrogen (secondary N) is 2. The van der Waals surface area contributed by atoms with Gasteiger partial charge in [-0.1, -0.05) is 28.1 Å². The molecule has 0 radical (unpaired) electrons. The van der Waals surface area contributed by atoms with Gasteiger partial charge in [-0.3, -0.25) is 5.10 Å². The van der Waals surface area contributed by atoms with E-state index in [1.165, 1.54) is 0 Å². The van der Waals surface area contributed by atoms with Crippen molar-refractivity contribution in [1.29, 1.82) is 0 Å². The van der Waals surface area contributed by atoms with Crippen molar-refractivity contribution in [2.45, 2.75) is 31.3 Å². The van der Waals surface area contributed by atoms with E-state index in [0.717, 1.165) is 4.47 Å². The van der Waals surface area contributed by atoms with E-state index in [1.807, 2.05) is 0 Å². The smallest absolute Gasteiger partial charge is 0.244 e. The first-order chi connectivity index (χ1) is 10.1. The van der Waals surface area contributed by atoms with E-state index in [0.29, 0.717) is 17.0 Å². The van der Waals surface area contributed by atoms with Crippen LogP contribution in [0.25, 0.3) is 0 Å². The molecule has 0 spiro atoms. The molecule has 0 bridgehead atoms. The Bertz CT molecular complexity index is 748. The van der Waals surface area contributed by atoms with Crippen molar-refractivity contribution >= 4 is 26.0 Å². The van der Waals surface area contributed by atoms with Crippen LogP contribution in [-0.2, 0) is 15.6 Å². The van der Waals surface area contributed by atoms with Gasteiger partial charge in [-0.2, -0.15) is 5.10 Å². The second-order valence-corrected chi connectivity index (χ2v) is 7.99. The summed E-state index contributed by atoms with van der Waals surface area (Å²) < 4.78 is 28.1. The van der Waals surface area contributed by atoms with Crippen LogP contribution in [0, 0.1) is 13.8 Å². The lowest BCUT2D eigenvalue weighted by atomic mass is 9.97. The van der Waals surface area contributed by atoms with Crippen molar-refractivity contribution in [1.82, 2.24) is 14.9 Å². The molecule has 2 rings (SSSR count). The van der Waals surface area contributed by atoms with E-state index in [-0.39, 0.29) is 11.4 Å². The molecule has 1 heterocycles. The molecule has 1 atom stereocenters. The Kier molecular flexibility index (Phi) is 4.76. The van der Waals surface area contributed by atoms with Crippen LogP contribution in [0.4, 0.5) is 0 Å². The molecular weight excluding hydrogens is 370 g/mol. The summed E-state index contributed by atoms with van der Waals surface area (Å²) in [5.74, 6) is 0. The molecule has 120 valence electrons. The first-order valence-electron chi connectivity index (χ1n) is 6.63. The Labute approximate surface area is 138 Å². The van der Waals surface area contributed by atoms with Gasteiger partial charge in [-0.05, 0) is 38.5 Å². The largest absolute Gasteiger partial charge is 0.384 e. The Balaban J connectivity index is 2.19. The highest BCUT2D eigenvalue weighted by Gasteiger charge is 2.28. The number of H-pyrrole nitrogens is 1. The summed E-state index contributed by atoms with van der Waals surface area (Å²) in [4.78, 5) is 0.124. The fourth-order valence-corrected chi connectivity index (χ4v) is 3.92. The van der Waals surface area contributed by atoms with E-state index in [9.17, 15) is 13.5 Å². The standard InChI is InChI=1S/C14H18BrN3O3S/c1-9-13(10(2)18-17-9)22(20,21)16-8-14(3,19)11-4-6-12(15)7-5-11/h4-7,16,19H,8H2,1-3H3,(H,17,18). The molecule has 1 aromatic carbocycles. The lowest BCUT2D eigenvalue weighted by molar-refractivity contribution is 0.0627. The number of halogens is 1. The number of aliphatic hydroxyl groups is 1. The van der Waals surface area contributed by atoms with E-state index in [2.05, 4.69) is 30.8 Å². The monoisotopic (exact) mass is 387 g/mol. The molecule has 0 aliphatic heterocycles. The lowest BCUT2D eigenvalue weighted by Crippen LogP contribution is -2.38. The van der Waals surface area contributed by atoms with Gasteiger partial charge in [0.25, 0.3) is 0 Å². The first kappa shape index (κ1) is 17.1. The fourth-order valence-electron chi connectivity index (χ4n) is 2.16. The summed E-state index contributed by atoms with van der Waals surface area (Å²) in [6, 6.07) is 7.07. The third kappa shape index (κ3) is 3.57. The van der Waals surface area contributed by atoms with Crippen LogP contribution in [0.1, 0.15) is 23.9 Å². The van der Waals surface area contributed by atoms with E-state index < -0.39 is 15.6 Å². The maximum atomic E-state index is 12.4. The molecule has 0 saturated heterocycles. The van der Waals surface area contributed by atoms with Crippen molar-refractivity contribution in [3.63, 3.8) is 0 Å². The van der Waals surface area contributed by atoms with Crippen molar-refractivity contribution in [2.75, 3.05) is 6.54 Å². The Morgan fingerprint density at radius 1 is 1.32 bits per heavy atom. The molecule has 0 saturated carbocycles. The molecule has 22 heavy (non-hydrogen) atoms. The molecule has 0 aliphatic carbocycles. The van der Waals surface area contributed by atoms with Crippen LogP contribution < -0.4 is 4.72 Å². The van der Waals surface area contributed by atoms with Gasteiger partial charge in [0.15, 0.2) is 0 Å². The van der Waals surface area contributed by atoms with Crippen molar-refractivity contribution in [3.8, 4) is 0 Å². The average Bonchev–Trinajstić information content (AvgIpc) is 2.77. The van der Waals surface area contributed by atoms with Gasteiger partial charge in [0.2, 0.25) is 10.0 Å². The van der Waals surface area contributed by atoms with Gasteiger partial charge in [0.1, 0.15) is 10.5 Å². The predicted molar refractivity (Wildman–Crippen MR) is 87.0 cm³/mol. The molecule has 6 nitrogen and oxygen atoms in total. The molecule has 1 unspecified atom stereocenters. The second kappa shape index (κ2) is 6.11. The summed E-state index contributed by atoms with van der Waals surface area (Å²) in [7, 11) is -3.74. The molecule has 1 aromatic heterocycles. The first-order valence-corrected chi connectivity index (χ1v) is 8.91. The zero-order valence-electron chi connectivity index (χ0n) is 12.5. The van der Waals surface area contributed by atoms with Crippen LogP contribution in [0.15, 0.2) is 33.6 Å². The number of aromatic nitrogens is 2. The molecule has 8 heteroatoms. The highest BCUT2D eigenvalue weighted by atomic mass is 79.9. The van der Waals surface area contributed by atoms with Crippen LogP contribution >= 0.6 is 15.9 Å². The van der Waals surface area contributed by atoms with Crippen molar-refractivity contribution in [3.05, 3.63) is 45.7 Å². The van der Waals surface area contributed by atoms with Crippen LogP contribution in [0.2, 0.25) is 0 Å². The molecule has 2 aromatic rings. The number of rotatable bonds is 5. The average molecular weight is 388 g/mol. The minimum Gasteiger partial charge on any atom is -0.384 e. The van der Waals surface area contributed by atoms with Gasteiger partial charge < -0.3 is 5.11 Å². The highest BCUT2D eigenvalue weighted by Crippen LogP contribution is 2.23. The van der Waals surface area contributed by atoms with Gasteiger partial charge in [0, 0.05) is 11.0 Å². The maximum absolute atomic E-state index is 12.4. The Hall–Kier alpha value is -1.22. The number of benzene rings is 1. The second-order valence-electron chi connectivity index (χ2n) is 5.37. The van der Waals surface area contributed by atoms with Gasteiger partial charge in [-0.15, -0.1) is 0 Å². The fraction of sp³-hybridized carbons (Fsp3) is 0.357. The SMILES string of the molecule is Cc1n[nH]c(C)c1S(=O)(=O)NCC(C)(O)c1ccc(Br)cc1. The summed E-state index contributed by atoms with van der Waals surface area (Å²) in [6.45, 7) is 4.68. The third-order valence-electron chi connectivity index (χ3n) is 3.40. The van der Waals surface area contributed by atoms with E-state index >= 15 is 0 Å². The number of sulfonamides is 1. The van der Waals surface area contributed by atoms with Gasteiger partial charge >= 0.3 is 0 Å². The van der Waals surface area contributed by atoms with E-state index in [1.54, 1.807) is 45.0 Å². The number of nitrogens with zero attached hydrogens (tertiary/aromatic N) is 1. The van der Waals surface area contributed by atoms with Gasteiger partial charge in [-0.25, -0.2) is 13.1 Å². The predicted octanol–water partition coefficient (Wildman–Crippen LogP) is 1.98. The summed E-state index contributed by atoms with van der Waals surface area (Å²) in [6.07, 6.45) is 0. The van der Waals surface area contributed by atoms with Crippen LogP contribution in [0.5, 0.6) is 0 Å². The van der Waals surface area contributed by atoms with Crippen LogP contribution in [-0.4, -0.2) is 30.3 Å². The van der Waals surface area contributed by atoms with E-state index in [4.69, 9.17) is 0 Å². The molecule has 0 fully saturated rings. The normalized spacial score (nSPS) is 14.8. The summed E-state index contributed by atoms with van der Waals surface area (Å²) in [5.41, 5.74) is 0.167. The number of hydrogen-bond acceptors (Lipinski definition) is 4. The third-order valence-corrected chi connectivity index (χ3v) is 5.59. The maximum Gasteiger partial charge on any atom is 0.244 e. The number of hydrogen-bond donors (Lipinski definition) is 3. The van der Waals surface area contributed by atoms with Crippen molar-refractivity contribution < 1.29 is 13.5 Å². The molecular formula is C14H18BrN3O3S. The van der Waals surface area contributed by atoms with Crippen LogP contribution in [0.3, 0.4) is 0 Å². The molecule has 0 amide bonds. The quantitative estimate of drug-likeness (QED) is 0.730. The molecule has 3 N–H and O–H groups in total.